The Hall–Kier alpha value is -4.53. The van der Waals surface area contributed by atoms with Crippen LogP contribution in [0.5, 0.6) is 23.0 Å². The fourth-order valence-corrected chi connectivity index (χ4v) is 3.44. The summed E-state index contributed by atoms with van der Waals surface area (Å²) in [5.41, 5.74) is 1.91. The number of nitrogens with zero attached hydrogens (tertiary/aromatic N) is 3. The first-order chi connectivity index (χ1) is 16.6. The van der Waals surface area contributed by atoms with Crippen LogP contribution in [0, 0.1) is 0 Å². The van der Waals surface area contributed by atoms with Gasteiger partial charge in [-0.05, 0) is 36.4 Å². The maximum Gasteiger partial charge on any atom is 0.295 e. The third-order valence-corrected chi connectivity index (χ3v) is 5.06. The second-order valence-corrected chi connectivity index (χ2v) is 7.11. The molecule has 1 amide bonds. The van der Waals surface area contributed by atoms with Gasteiger partial charge in [-0.1, -0.05) is 24.3 Å². The van der Waals surface area contributed by atoms with Crippen molar-refractivity contribution in [1.82, 2.24) is 14.8 Å². The van der Waals surface area contributed by atoms with Crippen molar-refractivity contribution in [2.45, 2.75) is 0 Å². The summed E-state index contributed by atoms with van der Waals surface area (Å²) in [4.78, 5) is 17.5. The summed E-state index contributed by atoms with van der Waals surface area (Å²) < 4.78 is 23.4. The van der Waals surface area contributed by atoms with E-state index in [-0.39, 0.29) is 5.82 Å². The molecule has 0 aliphatic heterocycles. The Morgan fingerprint density at radius 2 is 1.53 bits per heavy atom. The number of hydrogen-bond acceptors (Lipinski definition) is 7. The van der Waals surface area contributed by atoms with Crippen molar-refractivity contribution in [3.8, 4) is 40.1 Å². The van der Waals surface area contributed by atoms with E-state index in [4.69, 9.17) is 18.9 Å². The van der Waals surface area contributed by atoms with Gasteiger partial charge in [0.05, 0.1) is 34.1 Å². The Balaban J connectivity index is 1.86. The molecule has 4 rings (SSSR count). The van der Waals surface area contributed by atoms with Gasteiger partial charge < -0.3 is 24.3 Å². The van der Waals surface area contributed by atoms with E-state index in [9.17, 15) is 4.79 Å². The molecule has 0 unspecified atom stereocenters. The number of carbonyl (C=O) groups is 1. The first-order valence-electron chi connectivity index (χ1n) is 10.4. The predicted octanol–water partition coefficient (Wildman–Crippen LogP) is 4.22. The van der Waals surface area contributed by atoms with E-state index in [2.05, 4.69) is 15.4 Å². The quantitative estimate of drug-likeness (QED) is 0.420. The summed E-state index contributed by atoms with van der Waals surface area (Å²) in [7, 11) is 6.18. The van der Waals surface area contributed by atoms with Gasteiger partial charge in [0.15, 0.2) is 17.3 Å². The van der Waals surface area contributed by atoms with Gasteiger partial charge in [0.2, 0.25) is 11.6 Å². The van der Waals surface area contributed by atoms with Gasteiger partial charge in [0.1, 0.15) is 5.75 Å². The number of methoxy groups -OCH3 is 4. The monoisotopic (exact) mass is 460 g/mol. The molecule has 174 valence electrons. The van der Waals surface area contributed by atoms with Crippen LogP contribution in [0.3, 0.4) is 0 Å². The highest BCUT2D eigenvalue weighted by Gasteiger charge is 2.22. The second-order valence-electron chi connectivity index (χ2n) is 7.11. The summed E-state index contributed by atoms with van der Waals surface area (Å²) in [6.45, 7) is 0. The van der Waals surface area contributed by atoms with Crippen molar-refractivity contribution in [2.75, 3.05) is 33.8 Å². The van der Waals surface area contributed by atoms with Gasteiger partial charge in [-0.25, -0.2) is 9.67 Å². The summed E-state index contributed by atoms with van der Waals surface area (Å²) >= 11 is 0. The lowest BCUT2D eigenvalue weighted by Gasteiger charge is -2.14. The van der Waals surface area contributed by atoms with E-state index < -0.39 is 5.91 Å². The molecule has 0 saturated heterocycles. The molecule has 1 aromatic heterocycles. The normalized spacial score (nSPS) is 10.5. The fourth-order valence-electron chi connectivity index (χ4n) is 3.44. The Morgan fingerprint density at radius 1 is 0.824 bits per heavy atom. The maximum absolute atomic E-state index is 13.0. The van der Waals surface area contributed by atoms with Gasteiger partial charge in [0, 0.05) is 17.3 Å². The molecule has 3 aromatic carbocycles. The molecule has 1 N–H and O–H groups in total. The lowest BCUT2D eigenvalue weighted by Crippen LogP contribution is -2.14. The smallest absolute Gasteiger partial charge is 0.295 e. The van der Waals surface area contributed by atoms with Crippen molar-refractivity contribution in [3.05, 3.63) is 72.6 Å². The average Bonchev–Trinajstić information content (AvgIpc) is 3.34. The number of nitrogens with one attached hydrogen (secondary N) is 1. The molecular weight excluding hydrogens is 436 g/mol. The molecule has 4 aromatic rings. The van der Waals surface area contributed by atoms with E-state index in [1.807, 2.05) is 36.4 Å². The number of carbonyl (C=O) groups excluding carboxylic acids is 1. The summed E-state index contributed by atoms with van der Waals surface area (Å²) in [6.07, 6.45) is 0. The second kappa shape index (κ2) is 9.95. The third-order valence-electron chi connectivity index (χ3n) is 5.06. The van der Waals surface area contributed by atoms with E-state index in [0.29, 0.717) is 45.8 Å². The molecule has 9 heteroatoms. The first-order valence-corrected chi connectivity index (χ1v) is 10.4. The summed E-state index contributed by atoms with van der Waals surface area (Å²) in [5, 5.41) is 7.32. The van der Waals surface area contributed by atoms with Gasteiger partial charge in [-0.15, -0.1) is 5.10 Å². The number of rotatable bonds is 8. The number of hydrogen-bond donors (Lipinski definition) is 1. The van der Waals surface area contributed by atoms with Crippen LogP contribution in [0.25, 0.3) is 17.1 Å². The van der Waals surface area contributed by atoms with Gasteiger partial charge >= 0.3 is 0 Å². The molecule has 0 bridgehead atoms. The molecule has 0 radical (unpaired) electrons. The highest BCUT2D eigenvalue weighted by molar-refractivity contribution is 6.01. The lowest BCUT2D eigenvalue weighted by atomic mass is 10.1. The molecule has 0 saturated carbocycles. The molecule has 9 nitrogen and oxygen atoms in total. The highest BCUT2D eigenvalue weighted by Crippen LogP contribution is 2.41. The Morgan fingerprint density at radius 3 is 2.15 bits per heavy atom. The van der Waals surface area contributed by atoms with Crippen LogP contribution in [-0.2, 0) is 0 Å². The zero-order valence-electron chi connectivity index (χ0n) is 19.2. The number of anilines is 1. The van der Waals surface area contributed by atoms with Crippen molar-refractivity contribution in [2.24, 2.45) is 0 Å². The topological polar surface area (TPSA) is 96.7 Å². The van der Waals surface area contributed by atoms with Crippen LogP contribution in [0.4, 0.5) is 5.69 Å². The first kappa shape index (κ1) is 22.7. The number of ether oxygens (including phenoxy) is 4. The molecule has 1 heterocycles. The largest absolute Gasteiger partial charge is 0.497 e. The Kier molecular flexibility index (Phi) is 6.63. The standard InChI is InChI=1S/C25H24N4O5/c1-31-19-12-8-11-18(15-19)29-24(16-13-20(32-2)22(34-4)21(14-16)33-3)27-23(28-29)25(30)26-17-9-6-5-7-10-17/h5-15H,1-4H3,(H,26,30). The van der Waals surface area contributed by atoms with Gasteiger partial charge in [0.25, 0.3) is 5.91 Å². The Labute approximate surface area is 196 Å². The zero-order chi connectivity index (χ0) is 24.1. The van der Waals surface area contributed by atoms with Crippen LogP contribution in [-0.4, -0.2) is 49.1 Å². The molecule has 0 atom stereocenters. The summed E-state index contributed by atoms with van der Waals surface area (Å²) in [6, 6.07) is 19.9. The minimum absolute atomic E-state index is 0.00424. The maximum atomic E-state index is 13.0. The van der Waals surface area contributed by atoms with E-state index >= 15 is 0 Å². The molecule has 0 spiro atoms. The number of para-hydroxylation sites is 1. The van der Waals surface area contributed by atoms with Crippen LogP contribution >= 0.6 is 0 Å². The van der Waals surface area contributed by atoms with Crippen molar-refractivity contribution >= 4 is 11.6 Å². The van der Waals surface area contributed by atoms with E-state index in [0.717, 1.165) is 0 Å². The van der Waals surface area contributed by atoms with Crippen LogP contribution < -0.4 is 24.3 Å². The minimum Gasteiger partial charge on any atom is -0.497 e. The van der Waals surface area contributed by atoms with Crippen molar-refractivity contribution in [1.29, 1.82) is 0 Å². The van der Waals surface area contributed by atoms with E-state index in [1.165, 1.54) is 21.3 Å². The molecule has 0 fully saturated rings. The third kappa shape index (κ3) is 4.49. The van der Waals surface area contributed by atoms with Crippen molar-refractivity contribution in [3.63, 3.8) is 0 Å². The SMILES string of the molecule is COc1cccc(-n2nc(C(=O)Nc3ccccc3)nc2-c2cc(OC)c(OC)c(OC)c2)c1. The molecule has 0 aliphatic carbocycles. The number of benzene rings is 3. The number of amides is 1. The molecule has 34 heavy (non-hydrogen) atoms. The molecule has 0 aliphatic rings. The average molecular weight is 460 g/mol. The van der Waals surface area contributed by atoms with Gasteiger partial charge in [-0.2, -0.15) is 0 Å². The van der Waals surface area contributed by atoms with E-state index in [1.54, 1.807) is 42.1 Å². The van der Waals surface area contributed by atoms with Crippen LogP contribution in [0.2, 0.25) is 0 Å². The lowest BCUT2D eigenvalue weighted by molar-refractivity contribution is 0.101. The number of aromatic nitrogens is 3. The van der Waals surface area contributed by atoms with Gasteiger partial charge in [-0.3, -0.25) is 4.79 Å². The fraction of sp³-hybridized carbons (Fsp3) is 0.160. The van der Waals surface area contributed by atoms with Crippen molar-refractivity contribution < 1.29 is 23.7 Å². The van der Waals surface area contributed by atoms with Crippen LogP contribution in [0.1, 0.15) is 10.6 Å². The van der Waals surface area contributed by atoms with Crippen LogP contribution in [0.15, 0.2) is 66.7 Å². The zero-order valence-corrected chi connectivity index (χ0v) is 19.2. The summed E-state index contributed by atoms with van der Waals surface area (Å²) in [5.74, 6) is 1.95. The highest BCUT2D eigenvalue weighted by atomic mass is 16.5. The molecular formula is C25H24N4O5. The predicted molar refractivity (Wildman–Crippen MR) is 127 cm³/mol. The Bertz CT molecular complexity index is 1280. The minimum atomic E-state index is -0.443.